The van der Waals surface area contributed by atoms with E-state index in [1.165, 1.54) is 0 Å². The lowest BCUT2D eigenvalue weighted by atomic mass is 9.96. The van der Waals surface area contributed by atoms with Crippen molar-refractivity contribution < 1.29 is 19.0 Å². The molecule has 4 N–H and O–H groups in total. The summed E-state index contributed by atoms with van der Waals surface area (Å²) in [7, 11) is -1.42. The number of para-hydroxylation sites is 1. The molecule has 1 atom stereocenters. The number of aliphatic carboxylic acids is 1. The highest BCUT2D eigenvalue weighted by atomic mass is 127. The molecule has 0 bridgehead atoms. The molecule has 0 amide bonds. The van der Waals surface area contributed by atoms with Crippen molar-refractivity contribution in [3.63, 3.8) is 0 Å². The van der Waals surface area contributed by atoms with Crippen LogP contribution in [-0.2, 0) is 4.79 Å². The molecule has 1 aliphatic rings. The third kappa shape index (κ3) is 5.05. The predicted octanol–water partition coefficient (Wildman–Crippen LogP) is 5.48. The van der Waals surface area contributed by atoms with Crippen LogP contribution in [-0.4, -0.2) is 33.8 Å². The number of nitrogens with one attached hydrogen (secondary N) is 1. The monoisotopic (exact) mass is 530 g/mol. The fourth-order valence-corrected chi connectivity index (χ4v) is 5.90. The molecule has 158 valence electrons. The van der Waals surface area contributed by atoms with E-state index in [0.29, 0.717) is 11.3 Å². The van der Waals surface area contributed by atoms with Gasteiger partial charge in [-0.05, 0) is 71.3 Å². The van der Waals surface area contributed by atoms with Crippen LogP contribution in [0.25, 0.3) is 0 Å². The zero-order valence-electron chi connectivity index (χ0n) is 16.3. The van der Waals surface area contributed by atoms with Crippen LogP contribution in [0.2, 0.25) is 0 Å². The SMILES string of the molecule is CN1c2ccccc2C(NCCCCCCC(=O)O)c2ccc(I)cc2S1(O)O. The largest absolute Gasteiger partial charge is 0.481 e. The maximum absolute atomic E-state index is 11.1. The number of rotatable bonds is 8. The van der Waals surface area contributed by atoms with E-state index in [1.807, 2.05) is 42.5 Å². The second-order valence-corrected chi connectivity index (χ2v) is 10.5. The first-order chi connectivity index (χ1) is 13.8. The highest BCUT2D eigenvalue weighted by molar-refractivity contribution is 14.1. The van der Waals surface area contributed by atoms with E-state index in [9.17, 15) is 13.9 Å². The van der Waals surface area contributed by atoms with E-state index < -0.39 is 16.7 Å². The maximum atomic E-state index is 11.1. The summed E-state index contributed by atoms with van der Waals surface area (Å²) in [5, 5.41) is 12.3. The van der Waals surface area contributed by atoms with Gasteiger partial charge in [-0.3, -0.25) is 18.2 Å². The summed E-state index contributed by atoms with van der Waals surface area (Å²) < 4.78 is 24.7. The number of carbonyl (C=O) groups is 1. The molecule has 0 radical (unpaired) electrons. The molecule has 0 saturated heterocycles. The van der Waals surface area contributed by atoms with Gasteiger partial charge in [-0.25, -0.2) is 0 Å². The molecule has 1 heterocycles. The van der Waals surface area contributed by atoms with Crippen molar-refractivity contribution in [1.29, 1.82) is 0 Å². The third-order valence-electron chi connectivity index (χ3n) is 5.22. The molecular weight excluding hydrogens is 503 g/mol. The van der Waals surface area contributed by atoms with Gasteiger partial charge < -0.3 is 10.4 Å². The van der Waals surface area contributed by atoms with Crippen molar-refractivity contribution in [3.05, 3.63) is 57.2 Å². The van der Waals surface area contributed by atoms with Crippen LogP contribution in [0.5, 0.6) is 0 Å². The zero-order valence-corrected chi connectivity index (χ0v) is 19.3. The Morgan fingerprint density at radius 1 is 1.10 bits per heavy atom. The molecule has 8 heteroatoms. The second-order valence-electron chi connectivity index (χ2n) is 7.20. The van der Waals surface area contributed by atoms with Crippen molar-refractivity contribution in [2.24, 2.45) is 0 Å². The first-order valence-corrected chi connectivity index (χ1v) is 12.3. The quantitative estimate of drug-likeness (QED) is 0.267. The van der Waals surface area contributed by atoms with Gasteiger partial charge in [-0.1, -0.05) is 47.9 Å². The second kappa shape index (κ2) is 9.65. The molecule has 6 nitrogen and oxygen atoms in total. The van der Waals surface area contributed by atoms with Gasteiger partial charge in [0.1, 0.15) is 0 Å². The number of unbranched alkanes of at least 4 members (excludes halogenated alkanes) is 3. The van der Waals surface area contributed by atoms with Crippen molar-refractivity contribution >= 4 is 45.0 Å². The van der Waals surface area contributed by atoms with Crippen molar-refractivity contribution in [2.45, 2.75) is 43.0 Å². The van der Waals surface area contributed by atoms with Gasteiger partial charge in [-0.15, -0.1) is 0 Å². The highest BCUT2D eigenvalue weighted by Crippen LogP contribution is 2.59. The Hall–Kier alpha value is -1.33. The molecule has 29 heavy (non-hydrogen) atoms. The van der Waals surface area contributed by atoms with E-state index >= 15 is 0 Å². The van der Waals surface area contributed by atoms with E-state index in [-0.39, 0.29) is 12.5 Å². The number of halogens is 1. The Morgan fingerprint density at radius 3 is 2.59 bits per heavy atom. The summed E-state index contributed by atoms with van der Waals surface area (Å²) in [6, 6.07) is 13.5. The molecule has 3 rings (SSSR count). The summed E-state index contributed by atoms with van der Waals surface area (Å²) in [6.07, 6.45) is 3.72. The topological polar surface area (TPSA) is 93.0 Å². The first-order valence-electron chi connectivity index (χ1n) is 9.68. The van der Waals surface area contributed by atoms with Crippen LogP contribution in [0.4, 0.5) is 5.69 Å². The lowest BCUT2D eigenvalue weighted by Gasteiger charge is -2.41. The van der Waals surface area contributed by atoms with Gasteiger partial charge in [0.15, 0.2) is 0 Å². The van der Waals surface area contributed by atoms with Crippen LogP contribution in [0.3, 0.4) is 0 Å². The Labute approximate surface area is 186 Å². The van der Waals surface area contributed by atoms with E-state index in [1.54, 1.807) is 11.4 Å². The molecule has 2 aromatic rings. The summed E-state index contributed by atoms with van der Waals surface area (Å²) in [5.74, 6) is -0.743. The van der Waals surface area contributed by atoms with Crippen LogP contribution in [0.1, 0.15) is 49.3 Å². The van der Waals surface area contributed by atoms with Crippen LogP contribution < -0.4 is 9.62 Å². The number of fused-ring (bicyclic) bond motifs is 2. The van der Waals surface area contributed by atoms with Gasteiger partial charge in [0.05, 0.1) is 16.6 Å². The van der Waals surface area contributed by atoms with E-state index in [2.05, 4.69) is 27.9 Å². The van der Waals surface area contributed by atoms with E-state index in [4.69, 9.17) is 5.11 Å². The van der Waals surface area contributed by atoms with Crippen molar-refractivity contribution in [1.82, 2.24) is 5.32 Å². The van der Waals surface area contributed by atoms with Crippen molar-refractivity contribution in [3.8, 4) is 0 Å². The number of benzene rings is 2. The minimum atomic E-state index is -3.14. The summed E-state index contributed by atoms with van der Waals surface area (Å²) in [4.78, 5) is 11.2. The van der Waals surface area contributed by atoms with Crippen LogP contribution >= 0.6 is 33.4 Å². The normalized spacial score (nSPS) is 18.5. The summed E-state index contributed by atoms with van der Waals surface area (Å²) >= 11 is 2.19. The van der Waals surface area contributed by atoms with Gasteiger partial charge in [0, 0.05) is 17.0 Å². The lowest BCUT2D eigenvalue weighted by molar-refractivity contribution is -0.137. The smallest absolute Gasteiger partial charge is 0.303 e. The first kappa shape index (κ1) is 22.4. The van der Waals surface area contributed by atoms with Crippen LogP contribution in [0, 0.1) is 3.57 Å². The van der Waals surface area contributed by atoms with Crippen molar-refractivity contribution in [2.75, 3.05) is 17.9 Å². The number of hydrogen-bond acceptors (Lipinski definition) is 5. The van der Waals surface area contributed by atoms with Gasteiger partial charge in [0.2, 0.25) is 0 Å². The zero-order chi connectivity index (χ0) is 21.0. The number of anilines is 1. The molecular formula is C21H27IN2O4S. The standard InChI is InChI=1S/C21H27IN2O4S/c1-24-18-9-6-5-8-16(18)21(23-13-7-3-2-4-10-20(25)26)17-12-11-15(22)14-19(17)29(24,27)28/h5-6,8-9,11-12,14,21,23,27-28H,2-4,7,10,13H2,1H3,(H,25,26). The molecule has 1 aliphatic heterocycles. The molecule has 1 unspecified atom stereocenters. The Kier molecular flexibility index (Phi) is 7.44. The van der Waals surface area contributed by atoms with Crippen LogP contribution in [0.15, 0.2) is 47.4 Å². The Balaban J connectivity index is 1.83. The molecule has 0 spiro atoms. The van der Waals surface area contributed by atoms with Gasteiger partial charge in [-0.2, -0.15) is 0 Å². The fourth-order valence-electron chi connectivity index (χ4n) is 3.68. The average Bonchev–Trinajstić information content (AvgIpc) is 2.75. The summed E-state index contributed by atoms with van der Waals surface area (Å²) in [6.45, 7) is 0.764. The Morgan fingerprint density at radius 2 is 1.83 bits per heavy atom. The molecule has 0 saturated carbocycles. The van der Waals surface area contributed by atoms with E-state index in [0.717, 1.165) is 46.2 Å². The fraction of sp³-hybridized carbons (Fsp3) is 0.381. The number of hydrogen-bond donors (Lipinski definition) is 4. The lowest BCUT2D eigenvalue weighted by Crippen LogP contribution is -2.24. The average molecular weight is 530 g/mol. The molecule has 0 aromatic heterocycles. The number of carboxylic acids is 1. The van der Waals surface area contributed by atoms with Gasteiger partial charge >= 0.3 is 5.97 Å². The molecule has 0 aliphatic carbocycles. The Bertz CT molecular complexity index is 878. The van der Waals surface area contributed by atoms with Gasteiger partial charge in [0.25, 0.3) is 0 Å². The third-order valence-corrected chi connectivity index (χ3v) is 7.79. The maximum Gasteiger partial charge on any atom is 0.303 e. The molecule has 0 fully saturated rings. The minimum Gasteiger partial charge on any atom is -0.481 e. The predicted molar refractivity (Wildman–Crippen MR) is 126 cm³/mol. The highest BCUT2D eigenvalue weighted by Gasteiger charge is 2.35. The summed E-state index contributed by atoms with van der Waals surface area (Å²) in [5.41, 5.74) is 2.70. The number of nitrogens with zero attached hydrogens (tertiary/aromatic N) is 1. The number of carboxylic acid groups (broad SMARTS) is 1. The molecule has 2 aromatic carbocycles. The minimum absolute atomic E-state index is 0.145.